The van der Waals surface area contributed by atoms with Gasteiger partial charge < -0.3 is 10.1 Å². The predicted octanol–water partition coefficient (Wildman–Crippen LogP) is 3.47. The first-order valence-electron chi connectivity index (χ1n) is 8.34. The molecule has 24 heavy (non-hydrogen) atoms. The second-order valence-corrected chi connectivity index (χ2v) is 5.84. The Morgan fingerprint density at radius 1 is 1.17 bits per heavy atom. The molecule has 1 aliphatic rings. The van der Waals surface area contributed by atoms with E-state index in [0.29, 0.717) is 12.5 Å². The number of aliphatic imine (C=N–C) groups is 1. The highest BCUT2D eigenvalue weighted by Crippen LogP contribution is 2.26. The van der Waals surface area contributed by atoms with E-state index in [2.05, 4.69) is 22.4 Å². The fourth-order valence-electron chi connectivity index (χ4n) is 2.95. The molecule has 2 aromatic rings. The summed E-state index contributed by atoms with van der Waals surface area (Å²) in [5, 5.41) is 3.29. The highest BCUT2D eigenvalue weighted by molar-refractivity contribution is 5.90. The zero-order valence-corrected chi connectivity index (χ0v) is 13.8. The van der Waals surface area contributed by atoms with Gasteiger partial charge in [0.2, 0.25) is 0 Å². The van der Waals surface area contributed by atoms with Crippen LogP contribution in [0.15, 0.2) is 65.7 Å². The molecule has 0 aliphatic carbocycles. The van der Waals surface area contributed by atoms with E-state index in [-0.39, 0.29) is 5.97 Å². The van der Waals surface area contributed by atoms with Gasteiger partial charge in [0, 0.05) is 18.9 Å². The van der Waals surface area contributed by atoms with E-state index < -0.39 is 6.04 Å². The van der Waals surface area contributed by atoms with Gasteiger partial charge >= 0.3 is 5.97 Å². The summed E-state index contributed by atoms with van der Waals surface area (Å²) in [7, 11) is 0. The van der Waals surface area contributed by atoms with Crippen LogP contribution in [0.25, 0.3) is 0 Å². The summed E-state index contributed by atoms with van der Waals surface area (Å²) in [5.41, 5.74) is 2.17. The van der Waals surface area contributed by atoms with Crippen LogP contribution in [-0.2, 0) is 9.53 Å². The number of nitrogens with zero attached hydrogens (tertiary/aromatic N) is 1. The molecule has 1 N–H and O–H groups in total. The van der Waals surface area contributed by atoms with Gasteiger partial charge in [-0.15, -0.1) is 0 Å². The quantitative estimate of drug-likeness (QED) is 0.858. The first-order valence-corrected chi connectivity index (χ1v) is 8.34. The van der Waals surface area contributed by atoms with Crippen molar-refractivity contribution in [2.24, 2.45) is 4.99 Å². The van der Waals surface area contributed by atoms with Crippen molar-refractivity contribution in [2.75, 3.05) is 13.2 Å². The number of ether oxygens (including phenoxy) is 1. The van der Waals surface area contributed by atoms with Gasteiger partial charge in [0.25, 0.3) is 0 Å². The Labute approximate surface area is 142 Å². The number of hydrogen-bond donors (Lipinski definition) is 1. The van der Waals surface area contributed by atoms with Crippen LogP contribution in [0.5, 0.6) is 0 Å². The van der Waals surface area contributed by atoms with Gasteiger partial charge in [-0.2, -0.15) is 0 Å². The molecule has 0 saturated carbocycles. The van der Waals surface area contributed by atoms with Crippen molar-refractivity contribution < 1.29 is 9.53 Å². The summed E-state index contributed by atoms with van der Waals surface area (Å²) in [6.45, 7) is 2.93. The SMILES string of the molecule is CCOC(=O)C(NC1=NCC(c2ccccc2)C1)c1ccccc1. The van der Waals surface area contributed by atoms with Crippen molar-refractivity contribution in [3.05, 3.63) is 71.8 Å². The molecule has 0 aromatic heterocycles. The molecular formula is C20H22N2O2. The van der Waals surface area contributed by atoms with Gasteiger partial charge in [-0.3, -0.25) is 4.99 Å². The molecule has 0 spiro atoms. The number of rotatable bonds is 5. The fourth-order valence-corrected chi connectivity index (χ4v) is 2.95. The van der Waals surface area contributed by atoms with E-state index in [1.807, 2.05) is 55.5 Å². The molecule has 1 heterocycles. The van der Waals surface area contributed by atoms with E-state index in [9.17, 15) is 4.79 Å². The molecular weight excluding hydrogens is 300 g/mol. The maximum atomic E-state index is 12.3. The zero-order valence-electron chi connectivity index (χ0n) is 13.8. The minimum absolute atomic E-state index is 0.269. The highest BCUT2D eigenvalue weighted by atomic mass is 16.5. The van der Waals surface area contributed by atoms with E-state index in [1.165, 1.54) is 5.56 Å². The van der Waals surface area contributed by atoms with Crippen LogP contribution in [0.2, 0.25) is 0 Å². The minimum Gasteiger partial charge on any atom is -0.464 e. The van der Waals surface area contributed by atoms with Crippen molar-refractivity contribution in [2.45, 2.75) is 25.3 Å². The number of amidine groups is 1. The molecule has 0 amide bonds. The van der Waals surface area contributed by atoms with Crippen LogP contribution in [-0.4, -0.2) is 25.0 Å². The van der Waals surface area contributed by atoms with Crippen LogP contribution >= 0.6 is 0 Å². The van der Waals surface area contributed by atoms with Crippen LogP contribution in [0.4, 0.5) is 0 Å². The minimum atomic E-state index is -0.514. The molecule has 1 aliphatic heterocycles. The third-order valence-electron chi connectivity index (χ3n) is 4.18. The molecule has 2 atom stereocenters. The Hall–Kier alpha value is -2.62. The Kier molecular flexibility index (Phi) is 5.26. The average Bonchev–Trinajstić information content (AvgIpc) is 3.10. The molecule has 4 nitrogen and oxygen atoms in total. The number of nitrogens with one attached hydrogen (secondary N) is 1. The van der Waals surface area contributed by atoms with E-state index in [1.54, 1.807) is 0 Å². The molecule has 0 bridgehead atoms. The second-order valence-electron chi connectivity index (χ2n) is 5.84. The molecule has 2 unspecified atom stereocenters. The third kappa shape index (κ3) is 3.82. The highest BCUT2D eigenvalue weighted by Gasteiger charge is 2.27. The van der Waals surface area contributed by atoms with Crippen molar-refractivity contribution in [3.8, 4) is 0 Å². The average molecular weight is 322 g/mol. The lowest BCUT2D eigenvalue weighted by Gasteiger charge is -2.19. The number of hydrogen-bond acceptors (Lipinski definition) is 4. The molecule has 0 radical (unpaired) electrons. The van der Waals surface area contributed by atoms with Crippen LogP contribution in [0, 0.1) is 0 Å². The number of esters is 1. The standard InChI is InChI=1S/C20H22N2O2/c1-2-24-20(23)19(16-11-7-4-8-12-16)22-18-13-17(14-21-18)15-9-5-3-6-10-15/h3-12,17,19H,2,13-14H2,1H3,(H,21,22). The molecule has 124 valence electrons. The van der Waals surface area contributed by atoms with E-state index >= 15 is 0 Å². The van der Waals surface area contributed by atoms with Crippen LogP contribution < -0.4 is 5.32 Å². The Balaban J connectivity index is 1.71. The Morgan fingerprint density at radius 2 is 1.83 bits per heavy atom. The second kappa shape index (κ2) is 7.77. The molecule has 2 aromatic carbocycles. The molecule has 0 saturated heterocycles. The lowest BCUT2D eigenvalue weighted by atomic mass is 9.97. The topological polar surface area (TPSA) is 50.7 Å². The number of carbonyl (C=O) groups is 1. The predicted molar refractivity (Wildman–Crippen MR) is 95.1 cm³/mol. The number of benzene rings is 2. The summed E-state index contributed by atoms with van der Waals surface area (Å²) < 4.78 is 5.22. The lowest BCUT2D eigenvalue weighted by Crippen LogP contribution is -2.34. The van der Waals surface area contributed by atoms with Gasteiger partial charge in [0.1, 0.15) is 0 Å². The number of carbonyl (C=O) groups excluding carboxylic acids is 1. The maximum absolute atomic E-state index is 12.3. The summed E-state index contributed by atoms with van der Waals surface area (Å²) >= 11 is 0. The van der Waals surface area contributed by atoms with Gasteiger partial charge in [-0.25, -0.2) is 4.79 Å². The van der Waals surface area contributed by atoms with Crippen molar-refractivity contribution in [1.82, 2.24) is 5.32 Å². The summed E-state index contributed by atoms with van der Waals surface area (Å²) in [5.74, 6) is 0.965. The Bertz CT molecular complexity index is 698. The van der Waals surface area contributed by atoms with Crippen LogP contribution in [0.3, 0.4) is 0 Å². The maximum Gasteiger partial charge on any atom is 0.333 e. The monoisotopic (exact) mass is 322 g/mol. The van der Waals surface area contributed by atoms with Crippen molar-refractivity contribution >= 4 is 11.8 Å². The fraction of sp³-hybridized carbons (Fsp3) is 0.300. The van der Waals surface area contributed by atoms with Crippen LogP contribution in [0.1, 0.15) is 36.4 Å². The summed E-state index contributed by atoms with van der Waals surface area (Å²) in [4.78, 5) is 16.9. The zero-order chi connectivity index (χ0) is 16.8. The first-order chi connectivity index (χ1) is 11.8. The molecule has 4 heteroatoms. The van der Waals surface area contributed by atoms with Crippen molar-refractivity contribution in [1.29, 1.82) is 0 Å². The van der Waals surface area contributed by atoms with Gasteiger partial charge in [0.05, 0.1) is 12.4 Å². The third-order valence-corrected chi connectivity index (χ3v) is 4.18. The lowest BCUT2D eigenvalue weighted by molar-refractivity contribution is -0.145. The van der Waals surface area contributed by atoms with Gasteiger partial charge in [-0.1, -0.05) is 60.7 Å². The van der Waals surface area contributed by atoms with Crippen molar-refractivity contribution in [3.63, 3.8) is 0 Å². The first kappa shape index (κ1) is 16.2. The summed E-state index contributed by atoms with van der Waals surface area (Å²) in [6.07, 6.45) is 0.812. The normalized spacial score (nSPS) is 17.9. The van der Waals surface area contributed by atoms with Gasteiger partial charge in [-0.05, 0) is 18.1 Å². The molecule has 3 rings (SSSR count). The summed E-state index contributed by atoms with van der Waals surface area (Å²) in [6, 6.07) is 19.5. The smallest absolute Gasteiger partial charge is 0.333 e. The largest absolute Gasteiger partial charge is 0.464 e. The Morgan fingerprint density at radius 3 is 2.50 bits per heavy atom. The van der Waals surface area contributed by atoms with E-state index in [4.69, 9.17) is 4.74 Å². The molecule has 0 fully saturated rings. The van der Waals surface area contributed by atoms with Gasteiger partial charge in [0.15, 0.2) is 6.04 Å². The van der Waals surface area contributed by atoms with E-state index in [0.717, 1.165) is 24.4 Å².